The Morgan fingerprint density at radius 3 is 1.95 bits per heavy atom. The first-order chi connectivity index (χ1) is 9.86. The second-order valence-electron chi connectivity index (χ2n) is 4.44. The van der Waals surface area contributed by atoms with Crippen molar-refractivity contribution in [2.45, 2.75) is 6.42 Å². The van der Waals surface area contributed by atoms with E-state index < -0.39 is 11.9 Å². The molecule has 6 heteroatoms. The van der Waals surface area contributed by atoms with Gasteiger partial charge in [-0.3, -0.25) is 0 Å². The van der Waals surface area contributed by atoms with Crippen molar-refractivity contribution >= 4 is 35.1 Å². The quantitative estimate of drug-likeness (QED) is 0.891. The van der Waals surface area contributed by atoms with E-state index in [4.69, 9.17) is 33.4 Å². The number of aromatic carboxylic acids is 2. The van der Waals surface area contributed by atoms with Crippen LogP contribution in [0.2, 0.25) is 10.0 Å². The largest absolute Gasteiger partial charge is 0.478 e. The maximum absolute atomic E-state index is 11.1. The fraction of sp³-hybridized carbons (Fsp3) is 0.0667. The minimum Gasteiger partial charge on any atom is -0.478 e. The molecule has 21 heavy (non-hydrogen) atoms. The van der Waals surface area contributed by atoms with Gasteiger partial charge < -0.3 is 10.2 Å². The van der Waals surface area contributed by atoms with E-state index in [2.05, 4.69) is 0 Å². The van der Waals surface area contributed by atoms with Crippen LogP contribution in [0.3, 0.4) is 0 Å². The van der Waals surface area contributed by atoms with E-state index in [-0.39, 0.29) is 11.1 Å². The van der Waals surface area contributed by atoms with E-state index in [1.807, 2.05) is 0 Å². The highest BCUT2D eigenvalue weighted by Gasteiger charge is 2.12. The third kappa shape index (κ3) is 3.74. The van der Waals surface area contributed by atoms with Crippen LogP contribution in [0.15, 0.2) is 36.4 Å². The second-order valence-corrected chi connectivity index (χ2v) is 5.29. The van der Waals surface area contributed by atoms with E-state index in [0.717, 1.165) is 11.6 Å². The normalized spacial score (nSPS) is 10.4. The molecule has 2 N–H and O–H groups in total. The Morgan fingerprint density at radius 2 is 1.48 bits per heavy atom. The molecule has 0 aliphatic rings. The number of benzene rings is 2. The van der Waals surface area contributed by atoms with Crippen molar-refractivity contribution in [2.75, 3.05) is 0 Å². The SMILES string of the molecule is O=C(O)c1cc(Cc2ccc(Cl)cc2Cl)cc(C(=O)O)c1. The molecule has 0 aliphatic heterocycles. The number of hydrogen-bond donors (Lipinski definition) is 2. The summed E-state index contributed by atoms with van der Waals surface area (Å²) in [4.78, 5) is 22.1. The lowest BCUT2D eigenvalue weighted by Gasteiger charge is -2.08. The van der Waals surface area contributed by atoms with Gasteiger partial charge in [0.25, 0.3) is 0 Å². The highest BCUT2D eigenvalue weighted by molar-refractivity contribution is 6.35. The summed E-state index contributed by atoms with van der Waals surface area (Å²) in [6.07, 6.45) is 0.317. The molecule has 0 fully saturated rings. The molecule has 2 rings (SSSR count). The first kappa shape index (κ1) is 15.4. The predicted molar refractivity (Wildman–Crippen MR) is 79.6 cm³/mol. The van der Waals surface area contributed by atoms with Gasteiger partial charge in [0.2, 0.25) is 0 Å². The minimum atomic E-state index is -1.18. The average molecular weight is 325 g/mol. The van der Waals surface area contributed by atoms with Gasteiger partial charge in [-0.1, -0.05) is 29.3 Å². The molecule has 108 valence electrons. The molecule has 0 unspecified atom stereocenters. The Labute approximate surface area is 130 Å². The van der Waals surface area contributed by atoms with Gasteiger partial charge in [-0.15, -0.1) is 0 Å². The molecule has 0 aromatic heterocycles. The van der Waals surface area contributed by atoms with Crippen LogP contribution in [-0.4, -0.2) is 22.2 Å². The van der Waals surface area contributed by atoms with Crippen LogP contribution in [0.25, 0.3) is 0 Å². The van der Waals surface area contributed by atoms with Crippen LogP contribution >= 0.6 is 23.2 Å². The number of halogens is 2. The number of carboxylic acid groups (broad SMARTS) is 2. The summed E-state index contributed by atoms with van der Waals surface area (Å²) in [6, 6.07) is 8.95. The summed E-state index contributed by atoms with van der Waals surface area (Å²) in [5.41, 5.74) is 1.14. The van der Waals surface area contributed by atoms with E-state index in [0.29, 0.717) is 22.0 Å². The highest BCUT2D eigenvalue weighted by atomic mass is 35.5. The molecule has 0 saturated heterocycles. The number of carbonyl (C=O) groups is 2. The molecule has 0 atom stereocenters. The molecule has 0 radical (unpaired) electrons. The fourth-order valence-electron chi connectivity index (χ4n) is 1.93. The maximum atomic E-state index is 11.1. The first-order valence-electron chi connectivity index (χ1n) is 5.91. The van der Waals surface area contributed by atoms with Gasteiger partial charge in [0.05, 0.1) is 11.1 Å². The molecular formula is C15H10Cl2O4. The zero-order valence-electron chi connectivity index (χ0n) is 10.6. The summed E-state index contributed by atoms with van der Waals surface area (Å²) in [7, 11) is 0. The van der Waals surface area contributed by atoms with Gasteiger partial charge in [0.1, 0.15) is 0 Å². The highest BCUT2D eigenvalue weighted by Crippen LogP contribution is 2.24. The Kier molecular flexibility index (Phi) is 4.50. The molecule has 0 heterocycles. The van der Waals surface area contributed by atoms with Crippen molar-refractivity contribution in [3.8, 4) is 0 Å². The molecule has 4 nitrogen and oxygen atoms in total. The Balaban J connectivity index is 2.43. The molecular weight excluding hydrogens is 315 g/mol. The third-order valence-corrected chi connectivity index (χ3v) is 3.48. The van der Waals surface area contributed by atoms with Crippen molar-refractivity contribution in [1.29, 1.82) is 0 Å². The lowest BCUT2D eigenvalue weighted by Crippen LogP contribution is -2.04. The molecule has 0 saturated carbocycles. The van der Waals surface area contributed by atoms with Gasteiger partial charge in [-0.2, -0.15) is 0 Å². The number of carboxylic acids is 2. The van der Waals surface area contributed by atoms with Gasteiger partial charge >= 0.3 is 11.9 Å². The zero-order valence-corrected chi connectivity index (χ0v) is 12.1. The summed E-state index contributed by atoms with van der Waals surface area (Å²) < 4.78 is 0. The van der Waals surface area contributed by atoms with Crippen LogP contribution in [-0.2, 0) is 6.42 Å². The maximum Gasteiger partial charge on any atom is 0.335 e. The fourth-order valence-corrected chi connectivity index (χ4v) is 2.40. The van der Waals surface area contributed by atoms with Gasteiger partial charge in [-0.25, -0.2) is 9.59 Å². The van der Waals surface area contributed by atoms with Crippen molar-refractivity contribution in [2.24, 2.45) is 0 Å². The van der Waals surface area contributed by atoms with Crippen molar-refractivity contribution in [3.63, 3.8) is 0 Å². The van der Waals surface area contributed by atoms with E-state index >= 15 is 0 Å². The van der Waals surface area contributed by atoms with Gasteiger partial charge in [-0.05, 0) is 47.9 Å². The lowest BCUT2D eigenvalue weighted by atomic mass is 9.99. The van der Waals surface area contributed by atoms with Crippen molar-refractivity contribution < 1.29 is 19.8 Å². The van der Waals surface area contributed by atoms with E-state index in [1.165, 1.54) is 12.1 Å². The van der Waals surface area contributed by atoms with Crippen LogP contribution < -0.4 is 0 Å². The summed E-state index contributed by atoms with van der Waals surface area (Å²) in [6.45, 7) is 0. The number of rotatable bonds is 4. The molecule has 0 bridgehead atoms. The van der Waals surface area contributed by atoms with Gasteiger partial charge in [0.15, 0.2) is 0 Å². The second kappa shape index (κ2) is 6.16. The monoisotopic (exact) mass is 324 g/mol. The molecule has 0 spiro atoms. The summed E-state index contributed by atoms with van der Waals surface area (Å²) in [5.74, 6) is -2.36. The van der Waals surface area contributed by atoms with Crippen molar-refractivity contribution in [3.05, 3.63) is 68.7 Å². The Bertz CT molecular complexity index is 693. The molecule has 2 aromatic carbocycles. The summed E-state index contributed by atoms with van der Waals surface area (Å²) >= 11 is 11.9. The van der Waals surface area contributed by atoms with Crippen LogP contribution in [0.1, 0.15) is 31.8 Å². The Morgan fingerprint density at radius 1 is 0.905 bits per heavy atom. The van der Waals surface area contributed by atoms with Crippen molar-refractivity contribution in [1.82, 2.24) is 0 Å². The first-order valence-corrected chi connectivity index (χ1v) is 6.67. The minimum absolute atomic E-state index is 0.0741. The van der Waals surface area contributed by atoms with Gasteiger partial charge in [0, 0.05) is 10.0 Å². The van der Waals surface area contributed by atoms with E-state index in [9.17, 15) is 9.59 Å². The molecule has 0 amide bonds. The topological polar surface area (TPSA) is 74.6 Å². The van der Waals surface area contributed by atoms with Crippen LogP contribution in [0.4, 0.5) is 0 Å². The molecule has 0 aliphatic carbocycles. The lowest BCUT2D eigenvalue weighted by molar-refractivity contribution is 0.0696. The summed E-state index contributed by atoms with van der Waals surface area (Å²) in [5, 5.41) is 19.0. The third-order valence-electron chi connectivity index (χ3n) is 2.90. The Hall–Kier alpha value is -2.04. The predicted octanol–water partition coefficient (Wildman–Crippen LogP) is 3.98. The number of hydrogen-bond acceptors (Lipinski definition) is 2. The average Bonchev–Trinajstić information content (AvgIpc) is 2.41. The van der Waals surface area contributed by atoms with Crippen LogP contribution in [0, 0.1) is 0 Å². The standard InChI is InChI=1S/C15H10Cl2O4/c16-12-2-1-9(13(17)7-12)3-8-4-10(14(18)19)6-11(5-8)15(20)21/h1-2,4-7H,3H2,(H,18,19)(H,20,21). The smallest absolute Gasteiger partial charge is 0.335 e. The molecule has 2 aromatic rings. The zero-order chi connectivity index (χ0) is 15.6. The van der Waals surface area contributed by atoms with E-state index in [1.54, 1.807) is 18.2 Å². The van der Waals surface area contributed by atoms with Crippen LogP contribution in [0.5, 0.6) is 0 Å².